The van der Waals surface area contributed by atoms with Crippen LogP contribution >= 0.6 is 0 Å². The van der Waals surface area contributed by atoms with Gasteiger partial charge in [0, 0.05) is 6.07 Å². The van der Waals surface area contributed by atoms with E-state index in [-0.39, 0.29) is 0 Å². The molecule has 0 aliphatic heterocycles. The van der Waals surface area contributed by atoms with Gasteiger partial charge in [-0.05, 0) is 6.42 Å². The molecule has 1 heterocycles. The minimum Gasteiger partial charge on any atom is -0.481 e. The third-order valence-electron chi connectivity index (χ3n) is 1.60. The first kappa shape index (κ1) is 8.93. The van der Waals surface area contributed by atoms with Crippen LogP contribution in [0.2, 0.25) is 0 Å². The predicted molar refractivity (Wildman–Crippen MR) is 43.8 cm³/mol. The smallest absolute Gasteiger partial charge is 0.216 e. The molecule has 0 aliphatic rings. The molecule has 0 aliphatic carbocycles. The highest BCUT2D eigenvalue weighted by Crippen LogP contribution is 2.15. The molecular weight excluding hydrogens is 156 g/mol. The first-order valence-electron chi connectivity index (χ1n) is 3.82. The minimum absolute atomic E-state index is 0.479. The van der Waals surface area contributed by atoms with Crippen LogP contribution in [0.5, 0.6) is 5.88 Å². The highest BCUT2D eigenvalue weighted by molar-refractivity contribution is 5.14. The summed E-state index contributed by atoms with van der Waals surface area (Å²) < 4.78 is 4.89. The molecule has 0 aromatic carbocycles. The van der Waals surface area contributed by atoms with Gasteiger partial charge in [0.2, 0.25) is 5.88 Å². The molecule has 66 valence electrons. The van der Waals surface area contributed by atoms with Gasteiger partial charge < -0.3 is 9.84 Å². The highest BCUT2D eigenvalue weighted by atomic mass is 16.5. The second-order valence-corrected chi connectivity index (χ2v) is 2.41. The van der Waals surface area contributed by atoms with Crippen molar-refractivity contribution in [1.82, 2.24) is 9.97 Å². The summed E-state index contributed by atoms with van der Waals surface area (Å²) in [4.78, 5) is 7.75. The average Bonchev–Trinajstić information content (AvgIpc) is 2.17. The Morgan fingerprint density at radius 3 is 2.92 bits per heavy atom. The fraction of sp³-hybridized carbons (Fsp3) is 0.500. The maximum absolute atomic E-state index is 9.40. The van der Waals surface area contributed by atoms with E-state index in [0.29, 0.717) is 18.0 Å². The van der Waals surface area contributed by atoms with Crippen molar-refractivity contribution < 1.29 is 9.84 Å². The molecule has 1 aromatic heterocycles. The van der Waals surface area contributed by atoms with Gasteiger partial charge in [-0.2, -0.15) is 0 Å². The summed E-state index contributed by atoms with van der Waals surface area (Å²) in [5.41, 5.74) is 0.601. The Morgan fingerprint density at radius 2 is 2.33 bits per heavy atom. The van der Waals surface area contributed by atoms with Gasteiger partial charge in [0.25, 0.3) is 0 Å². The lowest BCUT2D eigenvalue weighted by Gasteiger charge is -2.06. The molecule has 0 radical (unpaired) electrons. The monoisotopic (exact) mass is 168 g/mol. The normalized spacial score (nSPS) is 12.6. The standard InChI is InChI=1S/C8H12N2O2/c1-3-7(11)6-4-8(12-2)10-5-9-6/h4-5,7,11H,3H2,1-2H3/t7-/m0/s1. The summed E-state index contributed by atoms with van der Waals surface area (Å²) >= 11 is 0. The number of aliphatic hydroxyl groups excluding tert-OH is 1. The molecule has 12 heavy (non-hydrogen) atoms. The minimum atomic E-state index is -0.526. The van der Waals surface area contributed by atoms with Gasteiger partial charge in [0.05, 0.1) is 18.9 Å². The SMILES string of the molecule is CC[C@H](O)c1cc(OC)ncn1. The maximum atomic E-state index is 9.40. The Kier molecular flexibility index (Phi) is 2.99. The van der Waals surface area contributed by atoms with Crippen molar-refractivity contribution in [1.29, 1.82) is 0 Å². The molecule has 0 fully saturated rings. The molecule has 0 amide bonds. The van der Waals surface area contributed by atoms with Crippen molar-refractivity contribution >= 4 is 0 Å². The number of rotatable bonds is 3. The van der Waals surface area contributed by atoms with Crippen LogP contribution in [-0.2, 0) is 0 Å². The number of ether oxygens (including phenoxy) is 1. The van der Waals surface area contributed by atoms with E-state index < -0.39 is 6.10 Å². The number of aromatic nitrogens is 2. The first-order valence-corrected chi connectivity index (χ1v) is 3.82. The van der Waals surface area contributed by atoms with Crippen molar-refractivity contribution in [3.8, 4) is 5.88 Å². The van der Waals surface area contributed by atoms with Gasteiger partial charge >= 0.3 is 0 Å². The second-order valence-electron chi connectivity index (χ2n) is 2.41. The molecule has 1 N–H and O–H groups in total. The summed E-state index contributed by atoms with van der Waals surface area (Å²) in [6.07, 6.45) is 1.50. The molecule has 1 aromatic rings. The molecule has 4 heteroatoms. The lowest BCUT2D eigenvalue weighted by Crippen LogP contribution is -2.00. The first-order chi connectivity index (χ1) is 5.77. The molecule has 0 saturated heterocycles. The van der Waals surface area contributed by atoms with Crippen LogP contribution in [0, 0.1) is 0 Å². The zero-order valence-corrected chi connectivity index (χ0v) is 7.19. The summed E-state index contributed by atoms with van der Waals surface area (Å²) in [6, 6.07) is 1.63. The van der Waals surface area contributed by atoms with E-state index in [1.54, 1.807) is 6.07 Å². The van der Waals surface area contributed by atoms with Gasteiger partial charge in [-0.1, -0.05) is 6.92 Å². The molecule has 0 saturated carbocycles. The quantitative estimate of drug-likeness (QED) is 0.729. The summed E-state index contributed by atoms with van der Waals surface area (Å²) in [5.74, 6) is 0.479. The van der Waals surface area contributed by atoms with E-state index >= 15 is 0 Å². The van der Waals surface area contributed by atoms with Crippen LogP contribution in [0.1, 0.15) is 25.1 Å². The topological polar surface area (TPSA) is 55.2 Å². The summed E-state index contributed by atoms with van der Waals surface area (Å²) in [7, 11) is 1.53. The highest BCUT2D eigenvalue weighted by Gasteiger charge is 2.06. The Bertz CT molecular complexity index is 253. The molecule has 0 unspecified atom stereocenters. The Labute approximate surface area is 71.2 Å². The van der Waals surface area contributed by atoms with Gasteiger partial charge in [-0.3, -0.25) is 0 Å². The lowest BCUT2D eigenvalue weighted by atomic mass is 10.2. The number of methoxy groups -OCH3 is 1. The number of hydrogen-bond donors (Lipinski definition) is 1. The van der Waals surface area contributed by atoms with Crippen molar-refractivity contribution in [2.45, 2.75) is 19.4 Å². The van der Waals surface area contributed by atoms with Crippen LogP contribution in [0.3, 0.4) is 0 Å². The van der Waals surface area contributed by atoms with E-state index in [4.69, 9.17) is 4.74 Å². The summed E-state index contributed by atoms with van der Waals surface area (Å²) in [5, 5.41) is 9.40. The molecule has 0 bridgehead atoms. The predicted octanol–water partition coefficient (Wildman–Crippen LogP) is 0.929. The Balaban J connectivity index is 2.86. The van der Waals surface area contributed by atoms with Crippen LogP contribution in [0.25, 0.3) is 0 Å². The van der Waals surface area contributed by atoms with Crippen LogP contribution < -0.4 is 4.74 Å². The van der Waals surface area contributed by atoms with Crippen molar-refractivity contribution in [2.24, 2.45) is 0 Å². The Morgan fingerprint density at radius 1 is 1.58 bits per heavy atom. The molecule has 0 spiro atoms. The van der Waals surface area contributed by atoms with Crippen molar-refractivity contribution in [3.05, 3.63) is 18.1 Å². The van der Waals surface area contributed by atoms with Gasteiger partial charge in [0.1, 0.15) is 6.33 Å². The fourth-order valence-corrected chi connectivity index (χ4v) is 0.856. The van der Waals surface area contributed by atoms with Crippen LogP contribution in [0.15, 0.2) is 12.4 Å². The zero-order valence-electron chi connectivity index (χ0n) is 7.19. The fourth-order valence-electron chi connectivity index (χ4n) is 0.856. The number of aliphatic hydroxyl groups is 1. The van der Waals surface area contributed by atoms with E-state index in [9.17, 15) is 5.11 Å². The van der Waals surface area contributed by atoms with E-state index in [1.165, 1.54) is 13.4 Å². The van der Waals surface area contributed by atoms with E-state index in [0.717, 1.165) is 0 Å². The van der Waals surface area contributed by atoms with Crippen LogP contribution in [-0.4, -0.2) is 22.2 Å². The molecule has 1 rings (SSSR count). The van der Waals surface area contributed by atoms with Gasteiger partial charge in [-0.25, -0.2) is 9.97 Å². The lowest BCUT2D eigenvalue weighted by molar-refractivity contribution is 0.168. The van der Waals surface area contributed by atoms with E-state index in [1.807, 2.05) is 6.92 Å². The molecular formula is C8H12N2O2. The zero-order chi connectivity index (χ0) is 8.97. The van der Waals surface area contributed by atoms with E-state index in [2.05, 4.69) is 9.97 Å². The maximum Gasteiger partial charge on any atom is 0.216 e. The molecule has 4 nitrogen and oxygen atoms in total. The van der Waals surface area contributed by atoms with Gasteiger partial charge in [-0.15, -0.1) is 0 Å². The largest absolute Gasteiger partial charge is 0.481 e. The second kappa shape index (κ2) is 4.01. The number of nitrogens with zero attached hydrogens (tertiary/aromatic N) is 2. The van der Waals surface area contributed by atoms with Crippen LogP contribution in [0.4, 0.5) is 0 Å². The Hall–Kier alpha value is -1.16. The van der Waals surface area contributed by atoms with Gasteiger partial charge in [0.15, 0.2) is 0 Å². The number of hydrogen-bond acceptors (Lipinski definition) is 4. The average molecular weight is 168 g/mol. The summed E-state index contributed by atoms with van der Waals surface area (Å²) in [6.45, 7) is 1.89. The van der Waals surface area contributed by atoms with Crippen molar-refractivity contribution in [2.75, 3.05) is 7.11 Å². The molecule has 1 atom stereocenters. The third kappa shape index (κ3) is 1.92. The van der Waals surface area contributed by atoms with Crippen molar-refractivity contribution in [3.63, 3.8) is 0 Å². The third-order valence-corrected chi connectivity index (χ3v) is 1.60.